The summed E-state index contributed by atoms with van der Waals surface area (Å²) in [4.78, 5) is 11.5. The molecule has 2 aromatic rings. The minimum Gasteiger partial charge on any atom is -0.480 e. The van der Waals surface area contributed by atoms with E-state index in [9.17, 15) is 4.79 Å². The standard InChI is InChI=1S/C8H9N3O2S/c9-6(8(12)13)3-5-4-10-11-1-2-14-7(5)11/h1-2,4,6H,3,9H2,(H,12,13). The second-order valence-electron chi connectivity index (χ2n) is 2.97. The molecule has 0 spiro atoms. The first kappa shape index (κ1) is 9.17. The van der Waals surface area contributed by atoms with Gasteiger partial charge < -0.3 is 10.8 Å². The Morgan fingerprint density at radius 2 is 2.57 bits per heavy atom. The predicted octanol–water partition coefficient (Wildman–Crippen LogP) is 0.350. The average Bonchev–Trinajstić information content (AvgIpc) is 2.69. The average molecular weight is 211 g/mol. The van der Waals surface area contributed by atoms with Crippen LogP contribution in [-0.2, 0) is 11.2 Å². The van der Waals surface area contributed by atoms with Crippen LogP contribution in [0.5, 0.6) is 0 Å². The molecule has 5 nitrogen and oxygen atoms in total. The van der Waals surface area contributed by atoms with Gasteiger partial charge in [-0.2, -0.15) is 5.10 Å². The van der Waals surface area contributed by atoms with Crippen LogP contribution >= 0.6 is 11.3 Å². The number of hydrogen-bond donors (Lipinski definition) is 2. The molecule has 0 aliphatic rings. The van der Waals surface area contributed by atoms with Gasteiger partial charge in [0.2, 0.25) is 0 Å². The highest BCUT2D eigenvalue weighted by atomic mass is 32.1. The lowest BCUT2D eigenvalue weighted by Gasteiger charge is -2.02. The number of nitrogens with two attached hydrogens (primary N) is 1. The molecule has 0 aliphatic carbocycles. The van der Waals surface area contributed by atoms with Gasteiger partial charge in [0, 0.05) is 23.6 Å². The number of carboxylic acids is 1. The van der Waals surface area contributed by atoms with Crippen molar-refractivity contribution in [2.24, 2.45) is 5.73 Å². The van der Waals surface area contributed by atoms with Gasteiger partial charge in [-0.25, -0.2) is 4.52 Å². The van der Waals surface area contributed by atoms with Crippen LogP contribution in [0.2, 0.25) is 0 Å². The summed E-state index contributed by atoms with van der Waals surface area (Å²) < 4.78 is 1.72. The van der Waals surface area contributed by atoms with Crippen LogP contribution in [0.3, 0.4) is 0 Å². The van der Waals surface area contributed by atoms with Gasteiger partial charge in [0.15, 0.2) is 0 Å². The third-order valence-corrected chi connectivity index (χ3v) is 2.89. The highest BCUT2D eigenvalue weighted by Gasteiger charge is 2.15. The maximum Gasteiger partial charge on any atom is 0.320 e. The number of fused-ring (bicyclic) bond motifs is 1. The zero-order chi connectivity index (χ0) is 10.1. The lowest BCUT2D eigenvalue weighted by atomic mass is 10.1. The molecular weight excluding hydrogens is 202 g/mol. The molecule has 0 bridgehead atoms. The Kier molecular flexibility index (Phi) is 2.22. The van der Waals surface area contributed by atoms with Gasteiger partial charge in [-0.3, -0.25) is 4.79 Å². The molecule has 0 fully saturated rings. The molecule has 6 heteroatoms. The molecule has 2 rings (SSSR count). The smallest absolute Gasteiger partial charge is 0.320 e. The van der Waals surface area contributed by atoms with E-state index >= 15 is 0 Å². The maximum absolute atomic E-state index is 10.6. The molecule has 0 saturated heterocycles. The zero-order valence-corrected chi connectivity index (χ0v) is 8.07. The number of rotatable bonds is 3. The van der Waals surface area contributed by atoms with Crippen molar-refractivity contribution >= 4 is 22.1 Å². The third kappa shape index (κ3) is 1.49. The molecule has 2 aromatic heterocycles. The lowest BCUT2D eigenvalue weighted by Crippen LogP contribution is -2.32. The van der Waals surface area contributed by atoms with Gasteiger partial charge in [0.05, 0.1) is 6.20 Å². The first-order valence-corrected chi connectivity index (χ1v) is 4.94. The monoisotopic (exact) mass is 211 g/mol. The van der Waals surface area contributed by atoms with Gasteiger partial charge in [0.1, 0.15) is 10.9 Å². The highest BCUT2D eigenvalue weighted by molar-refractivity contribution is 7.15. The molecule has 0 amide bonds. The second kappa shape index (κ2) is 3.39. The molecule has 0 radical (unpaired) electrons. The van der Waals surface area contributed by atoms with Crippen molar-refractivity contribution in [3.8, 4) is 0 Å². The first-order valence-electron chi connectivity index (χ1n) is 4.06. The van der Waals surface area contributed by atoms with Crippen molar-refractivity contribution in [2.45, 2.75) is 12.5 Å². The molecule has 14 heavy (non-hydrogen) atoms. The van der Waals surface area contributed by atoms with Crippen molar-refractivity contribution in [1.29, 1.82) is 0 Å². The van der Waals surface area contributed by atoms with E-state index in [0.717, 1.165) is 10.4 Å². The largest absolute Gasteiger partial charge is 0.480 e. The number of hydrogen-bond acceptors (Lipinski definition) is 4. The van der Waals surface area contributed by atoms with Crippen molar-refractivity contribution in [1.82, 2.24) is 9.61 Å². The van der Waals surface area contributed by atoms with Crippen LogP contribution in [0, 0.1) is 0 Å². The Hall–Kier alpha value is -1.40. The fourth-order valence-electron chi connectivity index (χ4n) is 1.24. The van der Waals surface area contributed by atoms with Crippen LogP contribution in [0.4, 0.5) is 0 Å². The number of carbonyl (C=O) groups is 1. The molecule has 1 unspecified atom stereocenters. The van der Waals surface area contributed by atoms with E-state index in [1.165, 1.54) is 11.3 Å². The fourth-order valence-corrected chi connectivity index (χ4v) is 2.05. The van der Waals surface area contributed by atoms with E-state index in [-0.39, 0.29) is 0 Å². The Labute approximate surface area is 83.8 Å². The van der Waals surface area contributed by atoms with Gasteiger partial charge in [-0.05, 0) is 0 Å². The number of aliphatic carboxylic acids is 1. The Balaban J connectivity index is 2.27. The summed E-state index contributed by atoms with van der Waals surface area (Å²) in [6.07, 6.45) is 3.81. The molecule has 3 N–H and O–H groups in total. The summed E-state index contributed by atoms with van der Waals surface area (Å²) in [6.45, 7) is 0. The highest BCUT2D eigenvalue weighted by Crippen LogP contribution is 2.17. The summed E-state index contributed by atoms with van der Waals surface area (Å²) in [5.74, 6) is -0.985. The van der Waals surface area contributed by atoms with E-state index < -0.39 is 12.0 Å². The zero-order valence-electron chi connectivity index (χ0n) is 7.25. The van der Waals surface area contributed by atoms with Crippen molar-refractivity contribution in [2.75, 3.05) is 0 Å². The summed E-state index contributed by atoms with van der Waals surface area (Å²) in [6, 6.07) is -0.856. The van der Waals surface area contributed by atoms with Gasteiger partial charge in [0.25, 0.3) is 0 Å². The van der Waals surface area contributed by atoms with E-state index in [1.807, 2.05) is 11.6 Å². The van der Waals surface area contributed by atoms with Crippen molar-refractivity contribution in [3.05, 3.63) is 23.3 Å². The predicted molar refractivity (Wildman–Crippen MR) is 52.4 cm³/mol. The van der Waals surface area contributed by atoms with Gasteiger partial charge in [-0.15, -0.1) is 11.3 Å². The summed E-state index contributed by atoms with van der Waals surface area (Å²) in [5.41, 5.74) is 6.32. The fraction of sp³-hybridized carbons (Fsp3) is 0.250. The molecule has 74 valence electrons. The van der Waals surface area contributed by atoms with E-state index in [2.05, 4.69) is 5.10 Å². The van der Waals surface area contributed by atoms with Crippen LogP contribution in [0.1, 0.15) is 5.56 Å². The second-order valence-corrected chi connectivity index (χ2v) is 3.87. The molecule has 1 atom stereocenters. The van der Waals surface area contributed by atoms with E-state index in [4.69, 9.17) is 10.8 Å². The molecule has 0 saturated carbocycles. The Morgan fingerprint density at radius 3 is 3.29 bits per heavy atom. The number of nitrogens with zero attached hydrogens (tertiary/aromatic N) is 2. The van der Waals surface area contributed by atoms with E-state index in [0.29, 0.717) is 6.42 Å². The minimum atomic E-state index is -0.985. The van der Waals surface area contributed by atoms with Crippen LogP contribution in [0.15, 0.2) is 17.8 Å². The van der Waals surface area contributed by atoms with Gasteiger partial charge in [-0.1, -0.05) is 0 Å². The number of thiazole rings is 1. The SMILES string of the molecule is NC(Cc1cnn2ccsc12)C(=O)O. The summed E-state index contributed by atoms with van der Waals surface area (Å²) >= 11 is 1.53. The number of aromatic nitrogens is 2. The Bertz CT molecular complexity index is 462. The quantitative estimate of drug-likeness (QED) is 0.767. The van der Waals surface area contributed by atoms with Crippen molar-refractivity contribution < 1.29 is 9.90 Å². The summed E-state index contributed by atoms with van der Waals surface area (Å²) in [7, 11) is 0. The third-order valence-electron chi connectivity index (χ3n) is 1.96. The maximum atomic E-state index is 10.6. The van der Waals surface area contributed by atoms with Gasteiger partial charge >= 0.3 is 5.97 Å². The normalized spacial score (nSPS) is 13.2. The first-order chi connectivity index (χ1) is 6.68. The molecule has 0 aliphatic heterocycles. The van der Waals surface area contributed by atoms with E-state index in [1.54, 1.807) is 10.7 Å². The topological polar surface area (TPSA) is 80.6 Å². The van der Waals surface area contributed by atoms with Crippen LogP contribution in [-0.4, -0.2) is 26.7 Å². The van der Waals surface area contributed by atoms with Crippen LogP contribution < -0.4 is 5.73 Å². The van der Waals surface area contributed by atoms with Crippen molar-refractivity contribution in [3.63, 3.8) is 0 Å². The molecule has 2 heterocycles. The number of carboxylic acid groups (broad SMARTS) is 1. The van der Waals surface area contributed by atoms with Crippen LogP contribution in [0.25, 0.3) is 4.83 Å². The summed E-state index contributed by atoms with van der Waals surface area (Å²) in [5, 5.41) is 14.6. The Morgan fingerprint density at radius 1 is 1.79 bits per heavy atom. The molecule has 0 aromatic carbocycles. The minimum absolute atomic E-state index is 0.319. The lowest BCUT2D eigenvalue weighted by molar-refractivity contribution is -0.138. The molecular formula is C8H9N3O2S.